The predicted molar refractivity (Wildman–Crippen MR) is 251 cm³/mol. The molecule has 0 saturated carbocycles. The molecule has 16 N–H and O–H groups in total. The standard InChI is InChI=1S/C42H70N12O15S/c1-19(2)15-26(50-35(62)24(16-29(56)57)48-33(60)22(43)18-70)39(66)53-13-7-11-28(53)37(64)51-31(20(3)4)38(65)52-32(21(5)55)40(67)54-14-8-10-27(54)36(63)49-25(17-30(58)59)34(61)47-23(41(68)69)9-6-12-46-42(44)45/h19-28,31-32,55,70H,6-18,43H2,1-5H3,(H,47,61)(H,48,60)(H,49,63)(H,50,62)(H,51,64)(H,52,65)(H,56,57)(H,58,59)(H,68,69)(H4,44,45,46)/t21-,22+,23+,24+,25+,26+,27+,28+,31+,32+/m1/s1. The Bertz CT molecular complexity index is 1950. The van der Waals surface area contributed by atoms with Crippen LogP contribution in [0, 0.1) is 11.8 Å². The minimum atomic E-state index is -1.78. The lowest BCUT2D eigenvalue weighted by Gasteiger charge is -2.33. The topological polar surface area (TPSA) is 438 Å². The van der Waals surface area contributed by atoms with Crippen LogP contribution in [-0.4, -0.2) is 187 Å². The molecule has 8 amide bonds. The van der Waals surface area contributed by atoms with E-state index in [0.29, 0.717) is 6.42 Å². The van der Waals surface area contributed by atoms with Crippen LogP contribution in [0.2, 0.25) is 0 Å². The first kappa shape index (κ1) is 59.8. The number of amides is 8. The van der Waals surface area contributed by atoms with E-state index in [9.17, 15) is 73.2 Å². The Morgan fingerprint density at radius 1 is 0.643 bits per heavy atom. The van der Waals surface area contributed by atoms with Crippen LogP contribution in [0.25, 0.3) is 0 Å². The van der Waals surface area contributed by atoms with E-state index < -0.39 is 144 Å². The lowest BCUT2D eigenvalue weighted by Crippen LogP contribution is -2.62. The van der Waals surface area contributed by atoms with E-state index in [1.165, 1.54) is 11.8 Å². The van der Waals surface area contributed by atoms with Crippen molar-refractivity contribution in [1.82, 2.24) is 41.7 Å². The summed E-state index contributed by atoms with van der Waals surface area (Å²) in [6, 6.07) is -12.8. The number of nitrogens with one attached hydrogen (secondary N) is 6. The summed E-state index contributed by atoms with van der Waals surface area (Å²) < 4.78 is 0. The molecular formula is C42H70N12O15S. The van der Waals surface area contributed by atoms with Gasteiger partial charge in [0, 0.05) is 25.4 Å². The fraction of sp³-hybridized carbons (Fsp3) is 0.714. The van der Waals surface area contributed by atoms with E-state index in [2.05, 4.69) is 49.5 Å². The lowest BCUT2D eigenvalue weighted by molar-refractivity contribution is -0.146. The number of thiol groups is 1. The van der Waals surface area contributed by atoms with Crippen LogP contribution in [0.4, 0.5) is 0 Å². The number of hydrogen-bond donors (Lipinski definition) is 14. The molecule has 0 radical (unpaired) electrons. The summed E-state index contributed by atoms with van der Waals surface area (Å²) in [5.74, 6) is -12.8. The van der Waals surface area contributed by atoms with Gasteiger partial charge in [-0.25, -0.2) is 4.79 Å². The average Bonchev–Trinajstić information content (AvgIpc) is 3.97. The second-order valence-corrected chi connectivity index (χ2v) is 18.3. The highest BCUT2D eigenvalue weighted by molar-refractivity contribution is 7.80. The van der Waals surface area contributed by atoms with Gasteiger partial charge >= 0.3 is 17.9 Å². The smallest absolute Gasteiger partial charge is 0.326 e. The molecule has 2 fully saturated rings. The number of rotatable bonds is 28. The third-order valence-electron chi connectivity index (χ3n) is 11.4. The first-order valence-corrected chi connectivity index (χ1v) is 23.5. The first-order valence-electron chi connectivity index (χ1n) is 22.9. The average molecular weight is 1020 g/mol. The number of carbonyl (C=O) groups excluding carboxylic acids is 8. The number of aliphatic imine (C=N–C) groups is 1. The molecule has 0 aliphatic carbocycles. The van der Waals surface area contributed by atoms with Crippen LogP contribution in [0.3, 0.4) is 0 Å². The van der Waals surface area contributed by atoms with Gasteiger partial charge in [0.2, 0.25) is 47.3 Å². The van der Waals surface area contributed by atoms with Crippen LogP contribution in [0.15, 0.2) is 4.99 Å². The van der Waals surface area contributed by atoms with E-state index in [1.54, 1.807) is 27.7 Å². The molecule has 0 spiro atoms. The van der Waals surface area contributed by atoms with Gasteiger partial charge in [0.1, 0.15) is 48.3 Å². The number of likely N-dealkylation sites (tertiary alicyclic amines) is 2. The Balaban J connectivity index is 2.26. The van der Waals surface area contributed by atoms with E-state index >= 15 is 0 Å². The number of aliphatic hydroxyl groups excluding tert-OH is 1. The Morgan fingerprint density at radius 3 is 1.59 bits per heavy atom. The maximum Gasteiger partial charge on any atom is 0.326 e. The minimum absolute atomic E-state index is 0.0234. The molecule has 10 atom stereocenters. The molecule has 0 aromatic heterocycles. The molecule has 0 aromatic carbocycles. The minimum Gasteiger partial charge on any atom is -0.481 e. The van der Waals surface area contributed by atoms with Crippen molar-refractivity contribution in [2.24, 2.45) is 34.0 Å². The van der Waals surface area contributed by atoms with Crippen molar-refractivity contribution >= 4 is 83.8 Å². The summed E-state index contributed by atoms with van der Waals surface area (Å²) in [5, 5.41) is 53.8. The Labute approximate surface area is 410 Å². The van der Waals surface area contributed by atoms with Gasteiger partial charge in [0.15, 0.2) is 5.96 Å². The normalized spacial score (nSPS) is 19.0. The number of nitrogens with zero attached hydrogens (tertiary/aromatic N) is 3. The summed E-state index contributed by atoms with van der Waals surface area (Å²) in [6.45, 7) is 7.94. The van der Waals surface area contributed by atoms with E-state index in [1.807, 2.05) is 0 Å². The highest BCUT2D eigenvalue weighted by atomic mass is 32.1. The van der Waals surface area contributed by atoms with Crippen molar-refractivity contribution in [3.63, 3.8) is 0 Å². The monoisotopic (exact) mass is 1010 g/mol. The van der Waals surface area contributed by atoms with Crippen molar-refractivity contribution in [2.75, 3.05) is 25.4 Å². The maximum absolute atomic E-state index is 14.1. The zero-order valence-electron chi connectivity index (χ0n) is 39.9. The molecule has 27 nitrogen and oxygen atoms in total. The number of aliphatic hydroxyl groups is 1. The maximum atomic E-state index is 14.1. The molecule has 2 aliphatic heterocycles. The third kappa shape index (κ3) is 18.6. The molecule has 2 aliphatic rings. The molecule has 2 saturated heterocycles. The zero-order chi connectivity index (χ0) is 53.2. The zero-order valence-corrected chi connectivity index (χ0v) is 40.8. The predicted octanol–water partition coefficient (Wildman–Crippen LogP) is -4.70. The first-order chi connectivity index (χ1) is 32.7. The summed E-state index contributed by atoms with van der Waals surface area (Å²) in [7, 11) is 0. The molecule has 0 aromatic rings. The van der Waals surface area contributed by atoms with Crippen molar-refractivity contribution in [1.29, 1.82) is 0 Å². The molecule has 2 rings (SSSR count). The molecule has 70 heavy (non-hydrogen) atoms. The van der Waals surface area contributed by atoms with Crippen molar-refractivity contribution in [3.8, 4) is 0 Å². The summed E-state index contributed by atoms with van der Waals surface area (Å²) in [4.78, 5) is 150. The number of guanidine groups is 1. The van der Waals surface area contributed by atoms with Gasteiger partial charge < -0.3 is 79.3 Å². The largest absolute Gasteiger partial charge is 0.481 e. The summed E-state index contributed by atoms with van der Waals surface area (Å²) >= 11 is 3.95. The number of hydrogen-bond acceptors (Lipinski definition) is 15. The second kappa shape index (κ2) is 28.4. The number of carbonyl (C=O) groups is 11. The van der Waals surface area contributed by atoms with E-state index in [4.69, 9.17) is 17.2 Å². The Morgan fingerprint density at radius 2 is 1.13 bits per heavy atom. The Hall–Kier alpha value is -6.29. The van der Waals surface area contributed by atoms with Crippen molar-refractivity contribution < 1.29 is 73.2 Å². The number of carboxylic acids is 3. The number of nitrogens with two attached hydrogens (primary N) is 3. The van der Waals surface area contributed by atoms with E-state index in [-0.39, 0.29) is 75.8 Å². The van der Waals surface area contributed by atoms with Gasteiger partial charge in [0.25, 0.3) is 0 Å². The molecule has 0 unspecified atom stereocenters. The fourth-order valence-electron chi connectivity index (χ4n) is 7.80. The quantitative estimate of drug-likeness (QED) is 0.0152. The van der Waals surface area contributed by atoms with Crippen LogP contribution in [0.1, 0.15) is 92.4 Å². The highest BCUT2D eigenvalue weighted by Crippen LogP contribution is 2.23. The Kier molecular flexibility index (Phi) is 24.3. The van der Waals surface area contributed by atoms with Crippen LogP contribution < -0.4 is 49.1 Å². The molecular weight excluding hydrogens is 945 g/mol. The lowest BCUT2D eigenvalue weighted by atomic mass is 10.00. The number of aliphatic carboxylic acids is 3. The summed E-state index contributed by atoms with van der Waals surface area (Å²) in [5.41, 5.74) is 16.2. The SMILES string of the molecule is CC(C)C[C@H](NC(=O)[C@H](CC(=O)O)NC(=O)[C@@H](N)CS)C(=O)N1CCC[C@H]1C(=O)N[C@H](C(=O)N[C@H](C(=O)N1CCC[C@H]1C(=O)N[C@@H](CC(=O)O)C(=O)N[C@@H](CCCN=C(N)N)C(=O)O)[C@@H](C)O)C(C)C. The van der Waals surface area contributed by atoms with Crippen LogP contribution in [0.5, 0.6) is 0 Å². The van der Waals surface area contributed by atoms with Crippen molar-refractivity contribution in [3.05, 3.63) is 0 Å². The molecule has 28 heteroatoms. The fourth-order valence-corrected chi connectivity index (χ4v) is 7.96. The van der Waals surface area contributed by atoms with Gasteiger partial charge in [-0.15, -0.1) is 0 Å². The van der Waals surface area contributed by atoms with Crippen LogP contribution in [-0.2, 0) is 52.7 Å². The van der Waals surface area contributed by atoms with Gasteiger partial charge in [-0.1, -0.05) is 27.7 Å². The third-order valence-corrected chi connectivity index (χ3v) is 11.8. The summed E-state index contributed by atoms with van der Waals surface area (Å²) in [6.07, 6.45) is -2.59. The number of carboxylic acid groups (broad SMARTS) is 3. The van der Waals surface area contributed by atoms with E-state index in [0.717, 1.165) is 4.90 Å². The van der Waals surface area contributed by atoms with Gasteiger partial charge in [-0.2, -0.15) is 12.6 Å². The van der Waals surface area contributed by atoms with Crippen molar-refractivity contribution in [2.45, 2.75) is 153 Å². The van der Waals surface area contributed by atoms with Gasteiger partial charge in [-0.3, -0.25) is 52.9 Å². The van der Waals surface area contributed by atoms with Gasteiger partial charge in [0.05, 0.1) is 25.0 Å². The molecule has 394 valence electrons. The highest BCUT2D eigenvalue weighted by Gasteiger charge is 2.44. The van der Waals surface area contributed by atoms with Crippen LogP contribution >= 0.6 is 12.6 Å². The molecule has 2 heterocycles. The van der Waals surface area contributed by atoms with Gasteiger partial charge in [-0.05, 0) is 63.7 Å². The second-order valence-electron chi connectivity index (χ2n) is 18.0. The molecule has 0 bridgehead atoms.